The zero-order valence-electron chi connectivity index (χ0n) is 12.5. The summed E-state index contributed by atoms with van der Waals surface area (Å²) in [6, 6.07) is 5.30. The Morgan fingerprint density at radius 3 is 2.45 bits per heavy atom. The van der Waals surface area contributed by atoms with E-state index in [0.717, 1.165) is 10.0 Å². The van der Waals surface area contributed by atoms with Crippen molar-refractivity contribution in [2.75, 3.05) is 19.6 Å². The summed E-state index contributed by atoms with van der Waals surface area (Å²) < 4.78 is 27.8. The van der Waals surface area contributed by atoms with Gasteiger partial charge in [0.2, 0.25) is 10.0 Å². The third-order valence-corrected chi connectivity index (χ3v) is 5.83. The maximum atomic E-state index is 12.8. The number of hydrogen-bond donors (Lipinski definition) is 1. The molecule has 2 N–H and O–H groups in total. The molecule has 0 radical (unpaired) electrons. The molecule has 0 aliphatic rings. The summed E-state index contributed by atoms with van der Waals surface area (Å²) in [6.07, 6.45) is 0. The van der Waals surface area contributed by atoms with E-state index in [-0.39, 0.29) is 5.41 Å². The summed E-state index contributed by atoms with van der Waals surface area (Å²) >= 11 is 3.33. The van der Waals surface area contributed by atoms with E-state index in [2.05, 4.69) is 15.9 Å². The Morgan fingerprint density at radius 1 is 1.35 bits per heavy atom. The molecule has 0 saturated heterocycles. The van der Waals surface area contributed by atoms with Crippen LogP contribution in [0.1, 0.15) is 26.3 Å². The fourth-order valence-electron chi connectivity index (χ4n) is 1.90. The Kier molecular flexibility index (Phi) is 5.78. The zero-order chi connectivity index (χ0) is 15.6. The van der Waals surface area contributed by atoms with Gasteiger partial charge in [0.05, 0.1) is 4.90 Å². The van der Waals surface area contributed by atoms with Gasteiger partial charge in [-0.1, -0.05) is 42.8 Å². The van der Waals surface area contributed by atoms with Crippen molar-refractivity contribution in [1.82, 2.24) is 4.31 Å². The summed E-state index contributed by atoms with van der Waals surface area (Å²) in [5, 5.41) is 0. The molecule has 1 aromatic rings. The minimum Gasteiger partial charge on any atom is -0.330 e. The molecule has 1 rings (SSSR count). The van der Waals surface area contributed by atoms with Gasteiger partial charge in [-0.05, 0) is 36.6 Å². The second-order valence-electron chi connectivity index (χ2n) is 5.71. The molecule has 0 aromatic heterocycles. The van der Waals surface area contributed by atoms with Gasteiger partial charge < -0.3 is 5.73 Å². The molecule has 0 spiro atoms. The molecule has 0 unspecified atom stereocenters. The first kappa shape index (κ1) is 17.6. The number of hydrogen-bond acceptors (Lipinski definition) is 3. The van der Waals surface area contributed by atoms with E-state index in [1.165, 1.54) is 4.31 Å². The maximum Gasteiger partial charge on any atom is 0.243 e. The van der Waals surface area contributed by atoms with Crippen molar-refractivity contribution in [3.63, 3.8) is 0 Å². The molecule has 0 atom stereocenters. The highest BCUT2D eigenvalue weighted by molar-refractivity contribution is 9.10. The average Bonchev–Trinajstić information content (AvgIpc) is 2.38. The van der Waals surface area contributed by atoms with Crippen molar-refractivity contribution in [3.05, 3.63) is 28.2 Å². The fourth-order valence-corrected chi connectivity index (χ4v) is 4.30. The quantitative estimate of drug-likeness (QED) is 0.845. The van der Waals surface area contributed by atoms with Crippen LogP contribution in [-0.2, 0) is 10.0 Å². The van der Waals surface area contributed by atoms with E-state index < -0.39 is 10.0 Å². The lowest BCUT2D eigenvalue weighted by molar-refractivity contribution is 0.273. The molecule has 114 valence electrons. The van der Waals surface area contributed by atoms with Crippen LogP contribution < -0.4 is 5.73 Å². The molecular formula is C14H23BrN2O2S. The summed E-state index contributed by atoms with van der Waals surface area (Å²) in [4.78, 5) is 0.349. The first-order chi connectivity index (χ1) is 9.14. The molecule has 1 aromatic carbocycles. The molecule has 0 saturated carbocycles. The van der Waals surface area contributed by atoms with Crippen molar-refractivity contribution in [3.8, 4) is 0 Å². The van der Waals surface area contributed by atoms with Gasteiger partial charge in [0.15, 0.2) is 0 Å². The van der Waals surface area contributed by atoms with Crippen LogP contribution in [0.2, 0.25) is 0 Å². The Morgan fingerprint density at radius 2 is 1.95 bits per heavy atom. The minimum absolute atomic E-state index is 0.247. The van der Waals surface area contributed by atoms with Crippen molar-refractivity contribution in [2.24, 2.45) is 11.1 Å². The van der Waals surface area contributed by atoms with Gasteiger partial charge in [0, 0.05) is 17.6 Å². The standard InChI is InChI=1S/C14H23BrN2O2S/c1-5-17(10-14(3,4)9-16)20(18,19)13-8-12(15)7-6-11(13)2/h6-8H,5,9-10,16H2,1-4H3. The minimum atomic E-state index is -3.50. The smallest absolute Gasteiger partial charge is 0.243 e. The number of nitrogens with zero attached hydrogens (tertiary/aromatic N) is 1. The van der Waals surface area contributed by atoms with Crippen molar-refractivity contribution in [1.29, 1.82) is 0 Å². The molecule has 0 aliphatic heterocycles. The highest BCUT2D eigenvalue weighted by atomic mass is 79.9. The Bertz CT molecular complexity index is 571. The van der Waals surface area contributed by atoms with Crippen LogP contribution in [0.3, 0.4) is 0 Å². The van der Waals surface area contributed by atoms with Gasteiger partial charge >= 0.3 is 0 Å². The zero-order valence-corrected chi connectivity index (χ0v) is 14.9. The lowest BCUT2D eigenvalue weighted by Crippen LogP contribution is -2.42. The second kappa shape index (κ2) is 6.56. The highest BCUT2D eigenvalue weighted by Gasteiger charge is 2.30. The van der Waals surface area contributed by atoms with E-state index in [1.807, 2.05) is 26.8 Å². The molecule has 6 heteroatoms. The van der Waals surface area contributed by atoms with Crippen LogP contribution >= 0.6 is 15.9 Å². The molecular weight excluding hydrogens is 340 g/mol. The van der Waals surface area contributed by atoms with Crippen LogP contribution in [0.25, 0.3) is 0 Å². The second-order valence-corrected chi connectivity index (χ2v) is 8.53. The number of sulfonamides is 1. The van der Waals surface area contributed by atoms with Crippen LogP contribution in [0.5, 0.6) is 0 Å². The largest absolute Gasteiger partial charge is 0.330 e. The monoisotopic (exact) mass is 362 g/mol. The lowest BCUT2D eigenvalue weighted by Gasteiger charge is -2.30. The summed E-state index contributed by atoms with van der Waals surface area (Å²) in [5.41, 5.74) is 6.22. The van der Waals surface area contributed by atoms with Gasteiger partial charge in [-0.25, -0.2) is 8.42 Å². The van der Waals surface area contributed by atoms with Crippen LogP contribution in [0.4, 0.5) is 0 Å². The van der Waals surface area contributed by atoms with Gasteiger partial charge in [0.25, 0.3) is 0 Å². The summed E-state index contributed by atoms with van der Waals surface area (Å²) in [7, 11) is -3.50. The van der Waals surface area contributed by atoms with Crippen LogP contribution in [0, 0.1) is 12.3 Å². The van der Waals surface area contributed by atoms with Crippen LogP contribution in [-0.4, -0.2) is 32.4 Å². The number of aryl methyl sites for hydroxylation is 1. The van der Waals surface area contributed by atoms with Crippen molar-refractivity contribution < 1.29 is 8.42 Å². The van der Waals surface area contributed by atoms with E-state index in [4.69, 9.17) is 5.73 Å². The number of benzene rings is 1. The SMILES string of the molecule is CCN(CC(C)(C)CN)S(=O)(=O)c1cc(Br)ccc1C. The predicted octanol–water partition coefficient (Wildman–Crippen LogP) is 2.75. The molecule has 4 nitrogen and oxygen atoms in total. The number of nitrogens with two attached hydrogens (primary N) is 1. The first-order valence-corrected chi connectivity index (χ1v) is 8.84. The Balaban J connectivity index is 3.22. The predicted molar refractivity (Wildman–Crippen MR) is 86.1 cm³/mol. The molecule has 0 heterocycles. The topological polar surface area (TPSA) is 63.4 Å². The Hall–Kier alpha value is -0.430. The third kappa shape index (κ3) is 4.04. The maximum absolute atomic E-state index is 12.8. The van der Waals surface area contributed by atoms with Gasteiger partial charge in [-0.2, -0.15) is 4.31 Å². The van der Waals surface area contributed by atoms with Gasteiger partial charge in [0.1, 0.15) is 0 Å². The van der Waals surface area contributed by atoms with Crippen molar-refractivity contribution >= 4 is 26.0 Å². The molecule has 0 bridgehead atoms. The summed E-state index contributed by atoms with van der Waals surface area (Å²) in [6.45, 7) is 8.87. The van der Waals surface area contributed by atoms with Crippen LogP contribution in [0.15, 0.2) is 27.6 Å². The fraction of sp³-hybridized carbons (Fsp3) is 0.571. The molecule has 0 amide bonds. The van der Waals surface area contributed by atoms with E-state index in [1.54, 1.807) is 19.1 Å². The van der Waals surface area contributed by atoms with Gasteiger partial charge in [-0.15, -0.1) is 0 Å². The van der Waals surface area contributed by atoms with E-state index >= 15 is 0 Å². The normalized spacial score (nSPS) is 12.9. The highest BCUT2D eigenvalue weighted by Crippen LogP contribution is 2.26. The number of halogens is 1. The lowest BCUT2D eigenvalue weighted by atomic mass is 9.94. The van der Waals surface area contributed by atoms with E-state index in [0.29, 0.717) is 24.5 Å². The third-order valence-electron chi connectivity index (χ3n) is 3.28. The molecule has 0 aliphatic carbocycles. The number of rotatable bonds is 6. The average molecular weight is 363 g/mol. The van der Waals surface area contributed by atoms with Crippen molar-refractivity contribution in [2.45, 2.75) is 32.6 Å². The first-order valence-electron chi connectivity index (χ1n) is 6.60. The Labute approximate surface area is 130 Å². The van der Waals surface area contributed by atoms with E-state index in [9.17, 15) is 8.42 Å². The van der Waals surface area contributed by atoms with Gasteiger partial charge in [-0.3, -0.25) is 0 Å². The molecule has 0 fully saturated rings. The molecule has 20 heavy (non-hydrogen) atoms. The summed E-state index contributed by atoms with van der Waals surface area (Å²) in [5.74, 6) is 0.